The second-order valence-electron chi connectivity index (χ2n) is 8.39. The number of aliphatic carboxylic acids is 1. The molecule has 8 nitrogen and oxygen atoms in total. The molecular formula is C25H21BrN2O6. The first-order valence-electron chi connectivity index (χ1n) is 10.5. The summed E-state index contributed by atoms with van der Waals surface area (Å²) in [5, 5.41) is 21.5. The summed E-state index contributed by atoms with van der Waals surface area (Å²) in [6, 6.07) is 19.7. The summed E-state index contributed by atoms with van der Waals surface area (Å²) >= 11 is 3.18. The number of rotatable bonds is 6. The number of halogens is 1. The van der Waals surface area contributed by atoms with Crippen LogP contribution in [0.25, 0.3) is 11.1 Å². The normalized spacial score (nSPS) is 12.6. The minimum Gasteiger partial charge on any atom is -0.480 e. The van der Waals surface area contributed by atoms with E-state index in [1.54, 1.807) is 0 Å². The summed E-state index contributed by atoms with van der Waals surface area (Å²) in [6.45, 7) is 2.54. The van der Waals surface area contributed by atoms with Crippen LogP contribution in [0.4, 0.5) is 16.2 Å². The fourth-order valence-electron chi connectivity index (χ4n) is 4.21. The molecule has 0 atom stereocenters. The van der Waals surface area contributed by atoms with Crippen LogP contribution in [0.15, 0.2) is 71.2 Å². The lowest BCUT2D eigenvalue weighted by atomic mass is 9.98. The van der Waals surface area contributed by atoms with Gasteiger partial charge < -0.3 is 9.84 Å². The third-order valence-electron chi connectivity index (χ3n) is 5.98. The second kappa shape index (κ2) is 8.90. The van der Waals surface area contributed by atoms with Crippen LogP contribution in [0, 0.1) is 10.1 Å². The van der Waals surface area contributed by atoms with E-state index in [2.05, 4.69) is 15.9 Å². The van der Waals surface area contributed by atoms with Crippen LogP contribution in [0.2, 0.25) is 0 Å². The fourth-order valence-corrected chi connectivity index (χ4v) is 4.56. The molecule has 0 aliphatic heterocycles. The molecule has 1 aliphatic rings. The number of carboxylic acids is 1. The smallest absolute Gasteiger partial charge is 0.415 e. The summed E-state index contributed by atoms with van der Waals surface area (Å²) in [4.78, 5) is 37.2. The van der Waals surface area contributed by atoms with Gasteiger partial charge in [-0.2, -0.15) is 0 Å². The molecule has 0 radical (unpaired) electrons. The molecule has 1 aliphatic carbocycles. The van der Waals surface area contributed by atoms with Crippen molar-refractivity contribution in [2.75, 3.05) is 11.5 Å². The van der Waals surface area contributed by atoms with Crippen molar-refractivity contribution in [1.82, 2.24) is 0 Å². The molecule has 174 valence electrons. The van der Waals surface area contributed by atoms with E-state index >= 15 is 0 Å². The summed E-state index contributed by atoms with van der Waals surface area (Å²) in [6.07, 6.45) is -0.986. The van der Waals surface area contributed by atoms with Crippen molar-refractivity contribution in [3.05, 3.63) is 92.4 Å². The molecule has 9 heteroatoms. The lowest BCUT2D eigenvalue weighted by Gasteiger charge is -2.34. The van der Waals surface area contributed by atoms with Gasteiger partial charge in [-0.15, -0.1) is 0 Å². The molecule has 34 heavy (non-hydrogen) atoms. The number of carbonyl (C=O) groups excluding carboxylic acids is 1. The molecule has 0 spiro atoms. The Morgan fingerprint density at radius 3 is 2.15 bits per heavy atom. The van der Waals surface area contributed by atoms with Crippen LogP contribution < -0.4 is 4.90 Å². The van der Waals surface area contributed by atoms with Gasteiger partial charge in [0.2, 0.25) is 0 Å². The lowest BCUT2D eigenvalue weighted by molar-refractivity contribution is -0.384. The first-order valence-corrected chi connectivity index (χ1v) is 11.2. The first kappa shape index (κ1) is 23.4. The van der Waals surface area contributed by atoms with E-state index in [4.69, 9.17) is 4.74 Å². The van der Waals surface area contributed by atoms with Crippen molar-refractivity contribution in [3.63, 3.8) is 0 Å². The van der Waals surface area contributed by atoms with Crippen LogP contribution >= 0.6 is 15.9 Å². The molecule has 0 saturated heterocycles. The highest BCUT2D eigenvalue weighted by molar-refractivity contribution is 9.10. The predicted molar refractivity (Wildman–Crippen MR) is 130 cm³/mol. The molecular weight excluding hydrogens is 504 g/mol. The Morgan fingerprint density at radius 1 is 1.06 bits per heavy atom. The van der Waals surface area contributed by atoms with Gasteiger partial charge in [0.05, 0.1) is 4.92 Å². The van der Waals surface area contributed by atoms with Crippen molar-refractivity contribution in [3.8, 4) is 11.1 Å². The van der Waals surface area contributed by atoms with E-state index < -0.39 is 28.2 Å². The molecule has 3 aromatic rings. The van der Waals surface area contributed by atoms with E-state index in [9.17, 15) is 24.8 Å². The van der Waals surface area contributed by atoms with Gasteiger partial charge >= 0.3 is 12.1 Å². The van der Waals surface area contributed by atoms with Crippen molar-refractivity contribution in [1.29, 1.82) is 0 Å². The lowest BCUT2D eigenvalue weighted by Crippen LogP contribution is -2.54. The number of benzene rings is 3. The molecule has 0 aromatic heterocycles. The average molecular weight is 525 g/mol. The monoisotopic (exact) mass is 524 g/mol. The molecule has 3 aromatic carbocycles. The van der Waals surface area contributed by atoms with Gasteiger partial charge in [0.15, 0.2) is 0 Å². The summed E-state index contributed by atoms with van der Waals surface area (Å²) in [5.74, 6) is -1.58. The van der Waals surface area contributed by atoms with Crippen LogP contribution in [0.1, 0.15) is 30.9 Å². The van der Waals surface area contributed by atoms with Crippen molar-refractivity contribution < 1.29 is 24.4 Å². The minimum absolute atomic E-state index is 0.0522. The van der Waals surface area contributed by atoms with E-state index in [0.29, 0.717) is 4.47 Å². The highest BCUT2D eigenvalue weighted by Crippen LogP contribution is 2.45. The number of ether oxygens (including phenoxy) is 1. The summed E-state index contributed by atoms with van der Waals surface area (Å²) < 4.78 is 6.07. The average Bonchev–Trinajstić information content (AvgIpc) is 3.12. The van der Waals surface area contributed by atoms with Crippen LogP contribution in [0.3, 0.4) is 0 Å². The molecule has 4 rings (SSSR count). The van der Waals surface area contributed by atoms with Gasteiger partial charge in [-0.1, -0.05) is 64.5 Å². The van der Waals surface area contributed by atoms with Gasteiger partial charge in [0.1, 0.15) is 17.8 Å². The highest BCUT2D eigenvalue weighted by atomic mass is 79.9. The Hall–Kier alpha value is -3.72. The minimum atomic E-state index is -1.82. The first-order chi connectivity index (χ1) is 16.1. The molecule has 0 fully saturated rings. The van der Waals surface area contributed by atoms with Gasteiger partial charge in [-0.3, -0.25) is 15.0 Å². The van der Waals surface area contributed by atoms with E-state index in [-0.39, 0.29) is 18.2 Å². The molecule has 0 heterocycles. The zero-order valence-electron chi connectivity index (χ0n) is 18.4. The number of anilines is 1. The van der Waals surface area contributed by atoms with Crippen LogP contribution in [0.5, 0.6) is 0 Å². The fraction of sp³-hybridized carbons (Fsp3) is 0.200. The molecule has 1 amide bonds. The molecule has 0 bridgehead atoms. The Kier molecular flexibility index (Phi) is 6.14. The van der Waals surface area contributed by atoms with Gasteiger partial charge in [0.25, 0.3) is 5.69 Å². The quantitative estimate of drug-likeness (QED) is 0.313. The number of hydrogen-bond donors (Lipinski definition) is 1. The third kappa shape index (κ3) is 4.03. The number of nitro benzene ring substituents is 1. The van der Waals surface area contributed by atoms with Gasteiger partial charge in [-0.05, 0) is 48.2 Å². The number of hydrogen-bond acceptors (Lipinski definition) is 5. The van der Waals surface area contributed by atoms with E-state index in [0.717, 1.165) is 27.2 Å². The summed E-state index contributed by atoms with van der Waals surface area (Å²) in [5.41, 5.74) is 1.68. The van der Waals surface area contributed by atoms with Gasteiger partial charge in [-0.25, -0.2) is 9.59 Å². The van der Waals surface area contributed by atoms with Gasteiger partial charge in [0, 0.05) is 16.5 Å². The highest BCUT2D eigenvalue weighted by Gasteiger charge is 2.43. The maximum absolute atomic E-state index is 13.3. The number of fused-ring (bicyclic) bond motifs is 3. The van der Waals surface area contributed by atoms with Crippen molar-refractivity contribution >= 4 is 39.4 Å². The van der Waals surface area contributed by atoms with E-state index in [1.165, 1.54) is 32.0 Å². The molecule has 1 N–H and O–H groups in total. The Labute approximate surface area is 204 Å². The Morgan fingerprint density at radius 2 is 1.62 bits per heavy atom. The second-order valence-corrected chi connectivity index (χ2v) is 9.31. The van der Waals surface area contributed by atoms with E-state index in [1.807, 2.05) is 48.5 Å². The van der Waals surface area contributed by atoms with Crippen molar-refractivity contribution in [2.45, 2.75) is 25.3 Å². The topological polar surface area (TPSA) is 110 Å². The predicted octanol–water partition coefficient (Wildman–Crippen LogP) is 5.98. The summed E-state index contributed by atoms with van der Waals surface area (Å²) in [7, 11) is 0. The van der Waals surface area contributed by atoms with Crippen molar-refractivity contribution in [2.24, 2.45) is 0 Å². The largest absolute Gasteiger partial charge is 0.480 e. The third-order valence-corrected chi connectivity index (χ3v) is 6.47. The number of carbonyl (C=O) groups is 2. The molecule has 0 saturated carbocycles. The van der Waals surface area contributed by atoms with Crippen LogP contribution in [-0.4, -0.2) is 34.2 Å². The Bertz CT molecular complexity index is 1260. The number of nitrogens with zero attached hydrogens (tertiary/aromatic N) is 2. The standard InChI is InChI=1S/C25H21BrN2O6/c1-25(2,23(29)30)27(21-12-11-15(26)13-22(21)28(32)33)24(31)34-14-20-18-9-5-3-7-16(18)17-8-4-6-10-19(17)20/h3-13,20H,14H2,1-2H3,(H,29,30). The zero-order chi connectivity index (χ0) is 24.6. The number of amides is 1. The number of nitro groups is 1. The SMILES string of the molecule is CC(C)(C(=O)O)N(C(=O)OCC1c2ccccc2-c2ccccc21)c1ccc(Br)cc1[N+](=O)[O-]. The Balaban J connectivity index is 1.70. The molecule has 0 unspecified atom stereocenters. The van der Waals surface area contributed by atoms with Crippen LogP contribution in [-0.2, 0) is 9.53 Å². The zero-order valence-corrected chi connectivity index (χ0v) is 20.0. The maximum atomic E-state index is 13.3. The number of carboxylic acid groups (broad SMARTS) is 1. The maximum Gasteiger partial charge on any atom is 0.415 e.